The molecule has 0 aliphatic rings. The molecule has 1 aromatic carbocycles. The Labute approximate surface area is 117 Å². The number of carbonyl (C=O) groups is 1. The lowest BCUT2D eigenvalue weighted by atomic mass is 10.0. The molecule has 0 aliphatic heterocycles. The Hall–Kier alpha value is -0.870. The number of halogens is 1. The predicted octanol–water partition coefficient (Wildman–Crippen LogP) is 3.32. The van der Waals surface area contributed by atoms with Crippen LogP contribution in [0.25, 0.3) is 0 Å². The molecule has 0 spiro atoms. The van der Waals surface area contributed by atoms with Crippen LogP contribution in [0.4, 0.5) is 5.69 Å². The summed E-state index contributed by atoms with van der Waals surface area (Å²) >= 11 is 7.43. The average Bonchev–Trinajstić information content (AvgIpc) is 2.30. The fourth-order valence-electron chi connectivity index (χ4n) is 1.28. The summed E-state index contributed by atoms with van der Waals surface area (Å²) in [6.07, 6.45) is 0.891. The maximum Gasteiger partial charge on any atom is 0.230 e. The number of nitrogen functional groups attached to an aromatic ring is 1. The standard InChI is InChI=1S/C13H19ClN2OS/c1-4-13(2,3)16-12(17)8-18-11-7-9(15)5-6-10(11)14/h5-7H,4,8,15H2,1-3H3,(H,16,17). The second kappa shape index (κ2) is 6.34. The van der Waals surface area contributed by atoms with Gasteiger partial charge in [0.2, 0.25) is 5.91 Å². The van der Waals surface area contributed by atoms with Gasteiger partial charge in [-0.2, -0.15) is 0 Å². The molecule has 0 atom stereocenters. The molecular formula is C13H19ClN2OS. The summed E-state index contributed by atoms with van der Waals surface area (Å²) < 4.78 is 0. The van der Waals surface area contributed by atoms with Gasteiger partial charge in [0.15, 0.2) is 0 Å². The van der Waals surface area contributed by atoms with Crippen LogP contribution in [0.5, 0.6) is 0 Å². The molecule has 100 valence electrons. The summed E-state index contributed by atoms with van der Waals surface area (Å²) in [5.41, 5.74) is 6.16. The first-order valence-electron chi connectivity index (χ1n) is 5.83. The van der Waals surface area contributed by atoms with Crippen molar-refractivity contribution >= 4 is 35.0 Å². The van der Waals surface area contributed by atoms with Crippen molar-refractivity contribution < 1.29 is 4.79 Å². The summed E-state index contributed by atoms with van der Waals surface area (Å²) in [7, 11) is 0. The molecule has 0 aromatic heterocycles. The SMILES string of the molecule is CCC(C)(C)NC(=O)CSc1cc(N)ccc1Cl. The molecule has 1 aromatic rings. The Kier molecular flexibility index (Phi) is 5.35. The molecule has 0 radical (unpaired) electrons. The summed E-state index contributed by atoms with van der Waals surface area (Å²) in [5.74, 6) is 0.345. The van der Waals surface area contributed by atoms with Crippen molar-refractivity contribution in [1.29, 1.82) is 0 Å². The van der Waals surface area contributed by atoms with Crippen LogP contribution in [0.2, 0.25) is 5.02 Å². The van der Waals surface area contributed by atoms with E-state index in [1.54, 1.807) is 18.2 Å². The largest absolute Gasteiger partial charge is 0.399 e. The van der Waals surface area contributed by atoms with E-state index in [2.05, 4.69) is 5.32 Å². The Bertz CT molecular complexity index is 435. The summed E-state index contributed by atoms with van der Waals surface area (Å²) in [4.78, 5) is 12.6. The lowest BCUT2D eigenvalue weighted by Gasteiger charge is -2.24. The first-order valence-corrected chi connectivity index (χ1v) is 7.19. The minimum Gasteiger partial charge on any atom is -0.399 e. The van der Waals surface area contributed by atoms with Gasteiger partial charge in [0, 0.05) is 16.1 Å². The van der Waals surface area contributed by atoms with Crippen molar-refractivity contribution in [2.45, 2.75) is 37.6 Å². The number of carbonyl (C=O) groups excluding carboxylic acids is 1. The number of amides is 1. The van der Waals surface area contributed by atoms with Crippen LogP contribution in [0.3, 0.4) is 0 Å². The van der Waals surface area contributed by atoms with Crippen LogP contribution in [0, 0.1) is 0 Å². The highest BCUT2D eigenvalue weighted by atomic mass is 35.5. The molecule has 0 saturated carbocycles. The van der Waals surface area contributed by atoms with Crippen LogP contribution in [0.15, 0.2) is 23.1 Å². The highest BCUT2D eigenvalue weighted by Gasteiger charge is 2.17. The number of anilines is 1. The van der Waals surface area contributed by atoms with E-state index < -0.39 is 0 Å². The van der Waals surface area contributed by atoms with Crippen molar-refractivity contribution in [3.05, 3.63) is 23.2 Å². The smallest absolute Gasteiger partial charge is 0.230 e. The predicted molar refractivity (Wildman–Crippen MR) is 79.1 cm³/mol. The normalized spacial score (nSPS) is 11.3. The van der Waals surface area contributed by atoms with Gasteiger partial charge in [0.25, 0.3) is 0 Å². The summed E-state index contributed by atoms with van der Waals surface area (Å²) in [5, 5.41) is 3.60. The van der Waals surface area contributed by atoms with Gasteiger partial charge in [0.1, 0.15) is 0 Å². The fraction of sp³-hybridized carbons (Fsp3) is 0.462. The highest BCUT2D eigenvalue weighted by Crippen LogP contribution is 2.28. The van der Waals surface area contributed by atoms with E-state index in [0.717, 1.165) is 11.3 Å². The van der Waals surface area contributed by atoms with Gasteiger partial charge in [-0.25, -0.2) is 0 Å². The molecule has 0 unspecified atom stereocenters. The maximum absolute atomic E-state index is 11.8. The molecule has 0 bridgehead atoms. The molecule has 0 heterocycles. The zero-order chi connectivity index (χ0) is 13.8. The van der Waals surface area contributed by atoms with Gasteiger partial charge < -0.3 is 11.1 Å². The molecule has 3 nitrogen and oxygen atoms in total. The van der Waals surface area contributed by atoms with Gasteiger partial charge in [0.05, 0.1) is 10.8 Å². The third kappa shape index (κ3) is 4.78. The van der Waals surface area contributed by atoms with E-state index in [9.17, 15) is 4.79 Å². The lowest BCUT2D eigenvalue weighted by Crippen LogP contribution is -2.43. The monoisotopic (exact) mass is 286 g/mol. The summed E-state index contributed by atoms with van der Waals surface area (Å²) in [6, 6.07) is 5.27. The molecule has 1 amide bonds. The van der Waals surface area contributed by atoms with Crippen LogP contribution < -0.4 is 11.1 Å². The number of nitrogens with two attached hydrogens (primary N) is 1. The second-order valence-electron chi connectivity index (χ2n) is 4.76. The maximum atomic E-state index is 11.8. The first kappa shape index (κ1) is 15.2. The molecule has 18 heavy (non-hydrogen) atoms. The topological polar surface area (TPSA) is 55.1 Å². The third-order valence-electron chi connectivity index (χ3n) is 2.68. The van der Waals surface area contributed by atoms with Crippen LogP contribution in [-0.4, -0.2) is 17.2 Å². The molecule has 0 saturated heterocycles. The quantitative estimate of drug-likeness (QED) is 0.645. The molecule has 0 aliphatic carbocycles. The lowest BCUT2D eigenvalue weighted by molar-refractivity contribution is -0.120. The van der Waals surface area contributed by atoms with Gasteiger partial charge in [-0.3, -0.25) is 4.79 Å². The fourth-order valence-corrected chi connectivity index (χ4v) is 2.34. The highest BCUT2D eigenvalue weighted by molar-refractivity contribution is 8.00. The number of nitrogens with one attached hydrogen (secondary N) is 1. The van der Waals surface area contributed by atoms with E-state index in [4.69, 9.17) is 17.3 Å². The Morgan fingerprint density at radius 2 is 2.17 bits per heavy atom. The van der Waals surface area contributed by atoms with E-state index in [1.807, 2.05) is 20.8 Å². The van der Waals surface area contributed by atoms with Crippen molar-refractivity contribution in [2.24, 2.45) is 0 Å². The van der Waals surface area contributed by atoms with E-state index >= 15 is 0 Å². The molecule has 3 N–H and O–H groups in total. The van der Waals surface area contributed by atoms with Crippen molar-refractivity contribution in [3.8, 4) is 0 Å². The molecule has 5 heteroatoms. The van der Waals surface area contributed by atoms with Crippen molar-refractivity contribution in [2.75, 3.05) is 11.5 Å². The number of benzene rings is 1. The molecule has 0 fully saturated rings. The Morgan fingerprint density at radius 3 is 2.78 bits per heavy atom. The molecular weight excluding hydrogens is 268 g/mol. The Morgan fingerprint density at radius 1 is 1.50 bits per heavy atom. The van der Waals surface area contributed by atoms with E-state index in [1.165, 1.54) is 11.8 Å². The Balaban J connectivity index is 2.55. The van der Waals surface area contributed by atoms with Crippen LogP contribution >= 0.6 is 23.4 Å². The van der Waals surface area contributed by atoms with Gasteiger partial charge in [-0.1, -0.05) is 18.5 Å². The zero-order valence-electron chi connectivity index (χ0n) is 10.9. The van der Waals surface area contributed by atoms with Gasteiger partial charge in [-0.05, 0) is 38.5 Å². The van der Waals surface area contributed by atoms with Crippen molar-refractivity contribution in [3.63, 3.8) is 0 Å². The van der Waals surface area contributed by atoms with Gasteiger partial charge >= 0.3 is 0 Å². The number of hydrogen-bond donors (Lipinski definition) is 2. The first-order chi connectivity index (χ1) is 8.34. The van der Waals surface area contributed by atoms with Crippen molar-refractivity contribution in [1.82, 2.24) is 5.32 Å². The number of thioether (sulfide) groups is 1. The van der Waals surface area contributed by atoms with Gasteiger partial charge in [-0.15, -0.1) is 11.8 Å². The minimum atomic E-state index is -0.169. The van der Waals surface area contributed by atoms with E-state index in [0.29, 0.717) is 16.5 Å². The number of rotatable bonds is 5. The average molecular weight is 287 g/mol. The minimum absolute atomic E-state index is 0.00495. The molecule has 1 rings (SSSR count). The third-order valence-corrected chi connectivity index (χ3v) is 4.17. The number of hydrogen-bond acceptors (Lipinski definition) is 3. The van der Waals surface area contributed by atoms with Crippen LogP contribution in [-0.2, 0) is 4.79 Å². The summed E-state index contributed by atoms with van der Waals surface area (Å²) in [6.45, 7) is 6.05. The zero-order valence-corrected chi connectivity index (χ0v) is 12.5. The van der Waals surface area contributed by atoms with Crippen LogP contribution in [0.1, 0.15) is 27.2 Å². The second-order valence-corrected chi connectivity index (χ2v) is 6.19. The van der Waals surface area contributed by atoms with E-state index in [-0.39, 0.29) is 11.4 Å².